The highest BCUT2D eigenvalue weighted by molar-refractivity contribution is 7.16. The highest BCUT2D eigenvalue weighted by Crippen LogP contribution is 2.14. The number of carbonyl (C=O) groups excluding carboxylic acids is 1. The molecule has 0 fully saturated rings. The van der Waals surface area contributed by atoms with Gasteiger partial charge in [0.2, 0.25) is 5.91 Å². The molecule has 0 radical (unpaired) electrons. The Kier molecular flexibility index (Phi) is 4.38. The van der Waals surface area contributed by atoms with Crippen LogP contribution < -0.4 is 10.9 Å². The minimum absolute atomic E-state index is 0.0749. The highest BCUT2D eigenvalue weighted by atomic mass is 32.1. The normalized spacial score (nSPS) is 11.3. The summed E-state index contributed by atoms with van der Waals surface area (Å²) in [7, 11) is 0. The maximum absolute atomic E-state index is 12.4. The summed E-state index contributed by atoms with van der Waals surface area (Å²) in [4.78, 5) is 29.2. The van der Waals surface area contributed by atoms with E-state index in [9.17, 15) is 9.59 Å². The average molecular weight is 329 g/mol. The van der Waals surface area contributed by atoms with Crippen molar-refractivity contribution in [3.05, 3.63) is 57.9 Å². The van der Waals surface area contributed by atoms with Gasteiger partial charge in [-0.05, 0) is 36.6 Å². The highest BCUT2D eigenvalue weighted by Gasteiger charge is 2.08. The molecule has 3 heterocycles. The Labute approximate surface area is 136 Å². The van der Waals surface area contributed by atoms with E-state index in [1.54, 1.807) is 42.0 Å². The number of furan rings is 1. The number of aryl methyl sites for hydroxylation is 1. The molecule has 0 aliphatic rings. The zero-order valence-corrected chi connectivity index (χ0v) is 13.3. The third-order valence-electron chi connectivity index (χ3n) is 3.35. The number of thiophene rings is 1. The first-order valence-corrected chi connectivity index (χ1v) is 7.97. The molecular weight excluding hydrogens is 314 g/mol. The van der Waals surface area contributed by atoms with E-state index in [-0.39, 0.29) is 11.5 Å². The second-order valence-corrected chi connectivity index (χ2v) is 5.79. The van der Waals surface area contributed by atoms with Gasteiger partial charge in [-0.1, -0.05) is 0 Å². The van der Waals surface area contributed by atoms with Crippen LogP contribution in [0, 0.1) is 6.92 Å². The van der Waals surface area contributed by atoms with Crippen LogP contribution in [0.2, 0.25) is 0 Å². The smallest absolute Gasteiger partial charge is 0.262 e. The summed E-state index contributed by atoms with van der Waals surface area (Å²) in [5, 5.41) is 5.20. The van der Waals surface area contributed by atoms with Crippen LogP contribution in [0.4, 0.5) is 0 Å². The SMILES string of the molecule is Cc1nc2sccc2c(=O)n1CCNC(=O)/C=C/c1ccco1. The van der Waals surface area contributed by atoms with Crippen molar-refractivity contribution in [2.75, 3.05) is 6.54 Å². The Morgan fingerprint density at radius 3 is 3.13 bits per heavy atom. The molecule has 23 heavy (non-hydrogen) atoms. The van der Waals surface area contributed by atoms with E-state index < -0.39 is 0 Å². The molecule has 3 aromatic rings. The lowest BCUT2D eigenvalue weighted by molar-refractivity contribution is -0.116. The van der Waals surface area contributed by atoms with E-state index in [0.29, 0.717) is 30.1 Å². The van der Waals surface area contributed by atoms with E-state index in [0.717, 1.165) is 4.83 Å². The third-order valence-corrected chi connectivity index (χ3v) is 4.16. The molecule has 0 spiro atoms. The lowest BCUT2D eigenvalue weighted by atomic mass is 10.3. The molecule has 0 saturated heterocycles. The van der Waals surface area contributed by atoms with Crippen LogP contribution in [0.3, 0.4) is 0 Å². The van der Waals surface area contributed by atoms with Crippen LogP contribution in [0.5, 0.6) is 0 Å². The van der Waals surface area contributed by atoms with Gasteiger partial charge in [0.25, 0.3) is 5.56 Å². The van der Waals surface area contributed by atoms with Crippen LogP contribution in [0.25, 0.3) is 16.3 Å². The fourth-order valence-electron chi connectivity index (χ4n) is 2.21. The molecule has 0 atom stereocenters. The van der Waals surface area contributed by atoms with E-state index in [4.69, 9.17) is 4.42 Å². The van der Waals surface area contributed by atoms with Crippen molar-refractivity contribution in [2.24, 2.45) is 0 Å². The molecule has 7 heteroatoms. The lowest BCUT2D eigenvalue weighted by Gasteiger charge is -2.09. The molecule has 1 N–H and O–H groups in total. The van der Waals surface area contributed by atoms with Gasteiger partial charge in [0.15, 0.2) is 0 Å². The Balaban J connectivity index is 1.62. The predicted molar refractivity (Wildman–Crippen MR) is 89.4 cm³/mol. The molecule has 3 aromatic heterocycles. The van der Waals surface area contributed by atoms with Crippen LogP contribution >= 0.6 is 11.3 Å². The summed E-state index contributed by atoms with van der Waals surface area (Å²) >= 11 is 1.45. The van der Waals surface area contributed by atoms with E-state index in [1.165, 1.54) is 17.4 Å². The number of aromatic nitrogens is 2. The van der Waals surface area contributed by atoms with Crippen molar-refractivity contribution >= 4 is 33.5 Å². The van der Waals surface area contributed by atoms with Gasteiger partial charge in [-0.2, -0.15) is 0 Å². The summed E-state index contributed by atoms with van der Waals surface area (Å²) in [6.07, 6.45) is 4.53. The molecule has 118 valence electrons. The maximum Gasteiger partial charge on any atom is 0.262 e. The van der Waals surface area contributed by atoms with Crippen molar-refractivity contribution in [3.8, 4) is 0 Å². The van der Waals surface area contributed by atoms with E-state index in [2.05, 4.69) is 10.3 Å². The largest absolute Gasteiger partial charge is 0.465 e. The second kappa shape index (κ2) is 6.62. The van der Waals surface area contributed by atoms with E-state index >= 15 is 0 Å². The van der Waals surface area contributed by atoms with Gasteiger partial charge in [0.05, 0.1) is 11.6 Å². The number of hydrogen-bond donors (Lipinski definition) is 1. The van der Waals surface area contributed by atoms with Gasteiger partial charge in [-0.3, -0.25) is 14.2 Å². The molecule has 0 aliphatic carbocycles. The van der Waals surface area contributed by atoms with Gasteiger partial charge < -0.3 is 9.73 Å². The zero-order valence-electron chi connectivity index (χ0n) is 12.5. The van der Waals surface area contributed by atoms with Crippen LogP contribution in [-0.2, 0) is 11.3 Å². The molecule has 0 aliphatic heterocycles. The first kappa shape index (κ1) is 15.2. The summed E-state index contributed by atoms with van der Waals surface area (Å²) in [6, 6.07) is 5.28. The number of amides is 1. The number of nitrogens with one attached hydrogen (secondary N) is 1. The minimum Gasteiger partial charge on any atom is -0.465 e. The molecule has 0 unspecified atom stereocenters. The standard InChI is InChI=1S/C16H15N3O3S/c1-11-18-15-13(6-10-23-15)16(21)19(11)8-7-17-14(20)5-4-12-3-2-9-22-12/h2-6,9-10H,7-8H2,1H3,(H,17,20)/b5-4+. The number of rotatable bonds is 5. The summed E-state index contributed by atoms with van der Waals surface area (Å²) < 4.78 is 6.68. The van der Waals surface area contributed by atoms with E-state index in [1.807, 2.05) is 5.38 Å². The average Bonchev–Trinajstić information content (AvgIpc) is 3.19. The number of nitrogens with zero attached hydrogens (tertiary/aromatic N) is 2. The quantitative estimate of drug-likeness (QED) is 0.728. The molecule has 0 saturated carbocycles. The first-order chi connectivity index (χ1) is 11.1. The Bertz CT molecular complexity index is 906. The Hall–Kier alpha value is -2.67. The van der Waals surface area contributed by atoms with Gasteiger partial charge >= 0.3 is 0 Å². The third kappa shape index (κ3) is 3.40. The zero-order chi connectivity index (χ0) is 16.2. The second-order valence-electron chi connectivity index (χ2n) is 4.90. The maximum atomic E-state index is 12.4. The minimum atomic E-state index is -0.239. The predicted octanol–water partition coefficient (Wildman–Crippen LogP) is 2.19. The topological polar surface area (TPSA) is 77.1 Å². The van der Waals surface area contributed by atoms with Crippen molar-refractivity contribution in [3.63, 3.8) is 0 Å². The fraction of sp³-hybridized carbons (Fsp3) is 0.188. The first-order valence-electron chi connectivity index (χ1n) is 7.09. The Morgan fingerprint density at radius 1 is 1.48 bits per heavy atom. The number of fused-ring (bicyclic) bond motifs is 1. The molecule has 1 amide bonds. The van der Waals surface area contributed by atoms with Gasteiger partial charge in [-0.15, -0.1) is 11.3 Å². The van der Waals surface area contributed by atoms with Crippen molar-refractivity contribution in [1.82, 2.24) is 14.9 Å². The molecule has 3 rings (SSSR count). The molecule has 0 aromatic carbocycles. The summed E-state index contributed by atoms with van der Waals surface area (Å²) in [5.74, 6) is 1.02. The van der Waals surface area contributed by atoms with Crippen molar-refractivity contribution in [1.29, 1.82) is 0 Å². The van der Waals surface area contributed by atoms with Gasteiger partial charge in [0, 0.05) is 19.2 Å². The van der Waals surface area contributed by atoms with Gasteiger partial charge in [-0.25, -0.2) is 4.98 Å². The monoisotopic (exact) mass is 329 g/mol. The summed E-state index contributed by atoms with van der Waals surface area (Å²) in [5.41, 5.74) is -0.0749. The number of hydrogen-bond acceptors (Lipinski definition) is 5. The fourth-order valence-corrected chi connectivity index (χ4v) is 3.01. The van der Waals surface area contributed by atoms with Crippen molar-refractivity contribution < 1.29 is 9.21 Å². The number of carbonyl (C=O) groups is 1. The van der Waals surface area contributed by atoms with Crippen LogP contribution in [-0.4, -0.2) is 22.0 Å². The molecule has 6 nitrogen and oxygen atoms in total. The van der Waals surface area contributed by atoms with Gasteiger partial charge in [0.1, 0.15) is 16.4 Å². The summed E-state index contributed by atoms with van der Waals surface area (Å²) in [6.45, 7) is 2.52. The lowest BCUT2D eigenvalue weighted by Crippen LogP contribution is -2.31. The van der Waals surface area contributed by atoms with Crippen LogP contribution in [0.1, 0.15) is 11.6 Å². The van der Waals surface area contributed by atoms with Crippen LogP contribution in [0.15, 0.2) is 45.1 Å². The van der Waals surface area contributed by atoms with Crippen molar-refractivity contribution in [2.45, 2.75) is 13.5 Å². The Morgan fingerprint density at radius 2 is 2.35 bits per heavy atom. The molecule has 0 bridgehead atoms. The molecular formula is C16H15N3O3S.